The summed E-state index contributed by atoms with van der Waals surface area (Å²) in [4.78, 5) is 0. The van der Waals surface area contributed by atoms with Gasteiger partial charge in [0.2, 0.25) is 0 Å². The van der Waals surface area contributed by atoms with Crippen molar-refractivity contribution >= 4 is 7.28 Å². The first-order chi connectivity index (χ1) is 5.08. The van der Waals surface area contributed by atoms with Gasteiger partial charge in [0, 0.05) is 0 Å². The largest absolute Gasteiger partial charge is 0.114 e. The lowest BCUT2D eigenvalue weighted by Crippen LogP contribution is -2.16. The highest BCUT2D eigenvalue weighted by molar-refractivity contribution is 6.38. The van der Waals surface area contributed by atoms with Gasteiger partial charge in [0.1, 0.15) is 7.28 Å². The summed E-state index contributed by atoms with van der Waals surface area (Å²) >= 11 is 0. The summed E-state index contributed by atoms with van der Waals surface area (Å²) in [5, 5.41) is 0.482. The van der Waals surface area contributed by atoms with Crippen LogP contribution in [0.2, 0.25) is 12.1 Å². The third-order valence-corrected chi connectivity index (χ3v) is 3.02. The van der Waals surface area contributed by atoms with E-state index in [1.807, 2.05) is 0 Å². The topological polar surface area (TPSA) is 0 Å². The predicted molar refractivity (Wildman–Crippen MR) is 54.3 cm³/mol. The van der Waals surface area contributed by atoms with E-state index in [1.165, 1.54) is 19.3 Å². The Morgan fingerprint density at radius 2 is 1.91 bits per heavy atom. The smallest absolute Gasteiger partial charge is 0.0914 e. The van der Waals surface area contributed by atoms with Crippen molar-refractivity contribution in [2.75, 3.05) is 0 Å². The minimum Gasteiger partial charge on any atom is -0.0914 e. The molecule has 0 aliphatic heterocycles. The molecular formula is C10H22B. The third kappa shape index (κ3) is 3.84. The van der Waals surface area contributed by atoms with Crippen LogP contribution in [0.1, 0.15) is 47.0 Å². The molecule has 1 radical (unpaired) electrons. The molecule has 0 amide bonds. The van der Waals surface area contributed by atoms with E-state index in [2.05, 4.69) is 41.8 Å². The average molecular weight is 153 g/mol. The molecule has 2 atom stereocenters. The minimum atomic E-state index is 0.482. The van der Waals surface area contributed by atoms with Gasteiger partial charge in [-0.3, -0.25) is 0 Å². The molecule has 0 heterocycles. The molecule has 0 bridgehead atoms. The summed E-state index contributed by atoms with van der Waals surface area (Å²) in [5.41, 5.74) is 0. The van der Waals surface area contributed by atoms with E-state index in [-0.39, 0.29) is 0 Å². The maximum Gasteiger partial charge on any atom is 0.114 e. The lowest BCUT2D eigenvalue weighted by Gasteiger charge is -2.29. The Hall–Kier alpha value is 0.0649. The Morgan fingerprint density at radius 1 is 1.36 bits per heavy atom. The van der Waals surface area contributed by atoms with Crippen LogP contribution < -0.4 is 0 Å². The van der Waals surface area contributed by atoms with E-state index < -0.39 is 0 Å². The fraction of sp³-hybridized carbons (Fsp3) is 1.00. The molecular weight excluding hydrogens is 131 g/mol. The van der Waals surface area contributed by atoms with E-state index >= 15 is 0 Å². The molecule has 0 fully saturated rings. The average Bonchev–Trinajstić information content (AvgIpc) is 2.04. The van der Waals surface area contributed by atoms with Gasteiger partial charge in [-0.1, -0.05) is 59.1 Å². The van der Waals surface area contributed by atoms with Crippen LogP contribution in [0.3, 0.4) is 0 Å². The molecule has 0 nitrogen and oxygen atoms in total. The van der Waals surface area contributed by atoms with E-state index in [0.717, 1.165) is 5.92 Å². The van der Waals surface area contributed by atoms with Crippen molar-refractivity contribution in [2.24, 2.45) is 5.92 Å². The van der Waals surface area contributed by atoms with Gasteiger partial charge in [-0.15, -0.1) is 0 Å². The summed E-state index contributed by atoms with van der Waals surface area (Å²) < 4.78 is 0. The summed E-state index contributed by atoms with van der Waals surface area (Å²) in [6.07, 6.45) is 3.92. The normalized spacial score (nSPS) is 19.0. The van der Waals surface area contributed by atoms with Crippen molar-refractivity contribution in [1.82, 2.24) is 0 Å². The standard InChI is InChI=1S/C10H22B/c1-6-9(3)8-10(4,7-2)11-5/h9H,6-8H2,1-5H3. The highest BCUT2D eigenvalue weighted by Gasteiger charge is 2.21. The van der Waals surface area contributed by atoms with E-state index in [1.54, 1.807) is 0 Å². The molecule has 1 heteroatoms. The van der Waals surface area contributed by atoms with E-state index in [0.29, 0.717) is 5.31 Å². The maximum absolute atomic E-state index is 2.36. The summed E-state index contributed by atoms with van der Waals surface area (Å²) in [5.74, 6) is 0.871. The molecule has 0 saturated heterocycles. The fourth-order valence-corrected chi connectivity index (χ4v) is 1.41. The number of hydrogen-bond acceptors (Lipinski definition) is 0. The third-order valence-electron chi connectivity index (χ3n) is 3.02. The summed E-state index contributed by atoms with van der Waals surface area (Å²) in [7, 11) is 2.36. The lowest BCUT2D eigenvalue weighted by atomic mass is 9.51. The molecule has 0 aliphatic rings. The first-order valence-corrected chi connectivity index (χ1v) is 4.88. The zero-order valence-electron chi connectivity index (χ0n) is 8.78. The van der Waals surface area contributed by atoms with Gasteiger partial charge >= 0.3 is 0 Å². The molecule has 0 spiro atoms. The van der Waals surface area contributed by atoms with Crippen molar-refractivity contribution in [3.05, 3.63) is 0 Å². The molecule has 0 N–H and O–H groups in total. The maximum atomic E-state index is 2.36. The molecule has 11 heavy (non-hydrogen) atoms. The molecule has 0 rings (SSSR count). The van der Waals surface area contributed by atoms with Crippen LogP contribution in [0.15, 0.2) is 0 Å². The molecule has 0 aromatic rings. The molecule has 0 aromatic carbocycles. The van der Waals surface area contributed by atoms with Gasteiger partial charge in [0.15, 0.2) is 0 Å². The number of rotatable bonds is 5. The Morgan fingerprint density at radius 3 is 2.18 bits per heavy atom. The summed E-state index contributed by atoms with van der Waals surface area (Å²) in [6.45, 7) is 11.4. The fourth-order valence-electron chi connectivity index (χ4n) is 1.41. The monoisotopic (exact) mass is 153 g/mol. The predicted octanol–water partition coefficient (Wildman–Crippen LogP) is 3.76. The second-order valence-corrected chi connectivity index (χ2v) is 4.01. The zero-order valence-corrected chi connectivity index (χ0v) is 8.78. The Balaban J connectivity index is 3.86. The van der Waals surface area contributed by atoms with Gasteiger partial charge in [-0.25, -0.2) is 0 Å². The van der Waals surface area contributed by atoms with Crippen molar-refractivity contribution in [1.29, 1.82) is 0 Å². The van der Waals surface area contributed by atoms with Gasteiger partial charge in [-0.2, -0.15) is 0 Å². The van der Waals surface area contributed by atoms with Crippen molar-refractivity contribution < 1.29 is 0 Å². The highest BCUT2D eigenvalue weighted by Crippen LogP contribution is 2.36. The quantitative estimate of drug-likeness (QED) is 0.527. The zero-order chi connectivity index (χ0) is 8.91. The van der Waals surface area contributed by atoms with Gasteiger partial charge < -0.3 is 0 Å². The van der Waals surface area contributed by atoms with E-state index in [9.17, 15) is 0 Å². The Bertz CT molecular complexity index is 95.0. The van der Waals surface area contributed by atoms with Crippen molar-refractivity contribution in [3.63, 3.8) is 0 Å². The van der Waals surface area contributed by atoms with Crippen LogP contribution in [0, 0.1) is 5.92 Å². The molecule has 0 saturated carbocycles. The van der Waals surface area contributed by atoms with Crippen LogP contribution in [-0.2, 0) is 0 Å². The minimum absolute atomic E-state index is 0.482. The molecule has 0 aromatic heterocycles. The Kier molecular flexibility index (Phi) is 4.87. The van der Waals surface area contributed by atoms with Crippen LogP contribution in [0.5, 0.6) is 0 Å². The van der Waals surface area contributed by atoms with Crippen LogP contribution in [0.25, 0.3) is 0 Å². The first-order valence-electron chi connectivity index (χ1n) is 4.88. The second kappa shape index (κ2) is 4.85. The highest BCUT2D eigenvalue weighted by atomic mass is 14.2. The number of hydrogen-bond donors (Lipinski definition) is 0. The van der Waals surface area contributed by atoms with Gasteiger partial charge in [0.05, 0.1) is 0 Å². The van der Waals surface area contributed by atoms with Gasteiger partial charge in [-0.05, 0) is 5.92 Å². The molecule has 2 unspecified atom stereocenters. The van der Waals surface area contributed by atoms with E-state index in [4.69, 9.17) is 0 Å². The molecule has 65 valence electrons. The second-order valence-electron chi connectivity index (χ2n) is 4.01. The SMILES string of the molecule is C[B]C(C)(CC)CC(C)CC. The van der Waals surface area contributed by atoms with Crippen LogP contribution in [-0.4, -0.2) is 7.28 Å². The van der Waals surface area contributed by atoms with Crippen LogP contribution >= 0.6 is 0 Å². The van der Waals surface area contributed by atoms with Gasteiger partial charge in [0.25, 0.3) is 0 Å². The molecule has 0 aliphatic carbocycles. The van der Waals surface area contributed by atoms with Crippen molar-refractivity contribution in [2.45, 2.75) is 59.1 Å². The summed E-state index contributed by atoms with van der Waals surface area (Å²) in [6, 6.07) is 0. The van der Waals surface area contributed by atoms with Crippen LogP contribution in [0.4, 0.5) is 0 Å². The Labute approximate surface area is 73.0 Å². The van der Waals surface area contributed by atoms with Crippen molar-refractivity contribution in [3.8, 4) is 0 Å². The lowest BCUT2D eigenvalue weighted by molar-refractivity contribution is 0.410. The first kappa shape index (κ1) is 11.1.